The van der Waals surface area contributed by atoms with Gasteiger partial charge in [0, 0.05) is 18.1 Å². The van der Waals surface area contributed by atoms with E-state index in [0.717, 1.165) is 0 Å². The molecular weight excluding hydrogens is 244 g/mol. The van der Waals surface area contributed by atoms with Gasteiger partial charge in [0.25, 0.3) is 5.84 Å². The van der Waals surface area contributed by atoms with E-state index in [0.29, 0.717) is 22.7 Å². The highest BCUT2D eigenvalue weighted by atomic mass is 16.5. The highest BCUT2D eigenvalue weighted by Gasteiger charge is 2.26. The largest absolute Gasteiger partial charge is 0.426 e. The van der Waals surface area contributed by atoms with E-state index in [2.05, 4.69) is 5.32 Å². The van der Waals surface area contributed by atoms with Gasteiger partial charge in [0.05, 0.1) is 20.2 Å². The number of likely N-dealkylation sites (N-methyl/N-ethyl adjacent to an activating group) is 1. The molecule has 0 spiro atoms. The van der Waals surface area contributed by atoms with Gasteiger partial charge in [-0.3, -0.25) is 10.1 Å². The van der Waals surface area contributed by atoms with Gasteiger partial charge in [-0.1, -0.05) is 24.3 Å². The van der Waals surface area contributed by atoms with Crippen molar-refractivity contribution in [1.29, 1.82) is 0 Å². The molecule has 1 heterocycles. The molecule has 0 saturated carbocycles. The summed E-state index contributed by atoms with van der Waals surface area (Å²) in [5.41, 5.74) is 1.41. The molecule has 0 saturated heterocycles. The van der Waals surface area contributed by atoms with Crippen LogP contribution in [0, 0.1) is 0 Å². The minimum absolute atomic E-state index is 0.393. The Morgan fingerprint density at radius 1 is 1.42 bits per heavy atom. The summed E-state index contributed by atoms with van der Waals surface area (Å²) < 4.78 is 6.93. The molecule has 0 amide bonds. The second-order valence-corrected chi connectivity index (χ2v) is 4.31. The number of esters is 1. The topological polar surface area (TPSA) is 61.6 Å². The van der Waals surface area contributed by atoms with Gasteiger partial charge in [-0.25, -0.2) is 4.58 Å². The Hall–Kier alpha value is -2.14. The zero-order chi connectivity index (χ0) is 14.0. The van der Waals surface area contributed by atoms with Crippen molar-refractivity contribution in [2.45, 2.75) is 13.2 Å². The molecule has 5 nitrogen and oxygen atoms in total. The van der Waals surface area contributed by atoms with Crippen molar-refractivity contribution in [2.75, 3.05) is 14.1 Å². The molecule has 0 bridgehead atoms. The van der Waals surface area contributed by atoms with Gasteiger partial charge in [0.2, 0.25) is 6.23 Å². The monoisotopic (exact) mass is 261 g/mol. The van der Waals surface area contributed by atoms with Gasteiger partial charge in [-0.2, -0.15) is 0 Å². The molecule has 0 fully saturated rings. The van der Waals surface area contributed by atoms with E-state index in [4.69, 9.17) is 4.74 Å². The third kappa shape index (κ3) is 2.51. The molecule has 2 N–H and O–H groups in total. The van der Waals surface area contributed by atoms with Crippen LogP contribution in [0.2, 0.25) is 0 Å². The van der Waals surface area contributed by atoms with Crippen molar-refractivity contribution in [3.05, 3.63) is 41.5 Å². The predicted molar refractivity (Wildman–Crippen MR) is 71.4 cm³/mol. The molecule has 1 atom stereocenters. The van der Waals surface area contributed by atoms with Crippen LogP contribution >= 0.6 is 0 Å². The maximum absolute atomic E-state index is 11.2. The lowest BCUT2D eigenvalue weighted by molar-refractivity contribution is -0.593. The number of carbonyl (C=O) groups excluding carboxylic acids is 1. The molecule has 0 radical (unpaired) electrons. The number of aliphatic hydroxyl groups is 1. The van der Waals surface area contributed by atoms with Crippen LogP contribution in [0.15, 0.2) is 30.3 Å². The van der Waals surface area contributed by atoms with Crippen LogP contribution in [0.25, 0.3) is 5.76 Å². The smallest absolute Gasteiger partial charge is 0.308 e. The summed E-state index contributed by atoms with van der Waals surface area (Å²) in [7, 11) is 3.51. The van der Waals surface area contributed by atoms with Crippen LogP contribution in [0.1, 0.15) is 24.3 Å². The second kappa shape index (κ2) is 5.24. The number of aliphatic hydroxyl groups excluding tert-OH is 1. The van der Waals surface area contributed by atoms with Gasteiger partial charge >= 0.3 is 5.97 Å². The molecule has 0 aliphatic carbocycles. The van der Waals surface area contributed by atoms with Gasteiger partial charge in [-0.15, -0.1) is 0 Å². The Morgan fingerprint density at radius 2 is 2.11 bits per heavy atom. The third-order valence-corrected chi connectivity index (χ3v) is 3.03. The Bertz CT molecular complexity index is 576. The molecule has 0 unspecified atom stereocenters. The molecular formula is C14H17N2O3+. The Labute approximate surface area is 111 Å². The van der Waals surface area contributed by atoms with Gasteiger partial charge in [0.1, 0.15) is 5.76 Å². The third-order valence-electron chi connectivity index (χ3n) is 3.03. The minimum Gasteiger partial charge on any atom is -0.426 e. The molecule has 1 aliphatic heterocycles. The van der Waals surface area contributed by atoms with Crippen molar-refractivity contribution >= 4 is 17.6 Å². The molecule has 0 aromatic heterocycles. The number of nitrogens with one attached hydrogen (secondary N) is 1. The summed E-state index contributed by atoms with van der Waals surface area (Å²) in [6, 6.07) is 7.31. The number of carbonyl (C=O) groups is 1. The van der Waals surface area contributed by atoms with E-state index in [1.54, 1.807) is 24.7 Å². The van der Waals surface area contributed by atoms with Crippen molar-refractivity contribution < 1.29 is 19.2 Å². The Morgan fingerprint density at radius 3 is 2.74 bits per heavy atom. The fraction of sp³-hybridized carbons (Fsp3) is 0.286. The van der Waals surface area contributed by atoms with Gasteiger partial charge in [-0.05, 0) is 0 Å². The number of hydrogen-bond donors (Lipinski definition) is 2. The van der Waals surface area contributed by atoms with Gasteiger partial charge in [0.15, 0.2) is 0 Å². The Kier molecular flexibility index (Phi) is 3.66. The molecule has 1 aromatic rings. The summed E-state index contributed by atoms with van der Waals surface area (Å²) in [5, 5.41) is 13.3. The normalized spacial score (nSPS) is 18.3. The van der Waals surface area contributed by atoms with E-state index in [-0.39, 0.29) is 0 Å². The zero-order valence-corrected chi connectivity index (χ0v) is 11.2. The average molecular weight is 261 g/mol. The summed E-state index contributed by atoms with van der Waals surface area (Å²) in [4.78, 5) is 11.2. The maximum atomic E-state index is 11.2. The first-order valence-electron chi connectivity index (χ1n) is 5.99. The van der Waals surface area contributed by atoms with Crippen LogP contribution in [0.3, 0.4) is 0 Å². The van der Waals surface area contributed by atoms with Crippen LogP contribution in [0.5, 0.6) is 0 Å². The number of nitrogens with zero attached hydrogens (tertiary/aromatic N) is 1. The highest BCUT2D eigenvalue weighted by molar-refractivity contribution is 5.97. The fourth-order valence-electron chi connectivity index (χ4n) is 2.08. The van der Waals surface area contributed by atoms with Crippen molar-refractivity contribution in [2.24, 2.45) is 0 Å². The summed E-state index contributed by atoms with van der Waals surface area (Å²) >= 11 is 0. The van der Waals surface area contributed by atoms with E-state index >= 15 is 0 Å². The number of amidine groups is 1. The Balaban J connectivity index is 2.63. The SMILES string of the molecule is CNC1=[N+](C)[C@H](O)c2ccccc2C(OC(C)=O)=C1. The molecule has 1 aromatic carbocycles. The van der Waals surface area contributed by atoms with Gasteiger partial charge < -0.3 is 9.84 Å². The summed E-state index contributed by atoms with van der Waals surface area (Å²) in [5.74, 6) is 0.700. The average Bonchev–Trinajstić information content (AvgIpc) is 2.49. The van der Waals surface area contributed by atoms with E-state index in [9.17, 15) is 9.90 Å². The summed E-state index contributed by atoms with van der Waals surface area (Å²) in [6.07, 6.45) is 0.902. The second-order valence-electron chi connectivity index (χ2n) is 4.31. The van der Waals surface area contributed by atoms with Crippen LogP contribution < -0.4 is 5.32 Å². The predicted octanol–water partition coefficient (Wildman–Crippen LogP) is 0.855. The molecule has 5 heteroatoms. The van der Waals surface area contributed by atoms with Crippen LogP contribution in [-0.2, 0) is 9.53 Å². The molecule has 19 heavy (non-hydrogen) atoms. The summed E-state index contributed by atoms with van der Waals surface area (Å²) in [6.45, 7) is 1.35. The lowest BCUT2D eigenvalue weighted by Crippen LogP contribution is -2.29. The standard InChI is InChI=1S/C14H16N2O3/c1-9(17)19-12-8-13(15-2)16(3)14(18)11-7-5-4-6-10(11)12/h4-8,14,18H,1-3H3/p+1/t14-/m1/s1. The van der Waals surface area contributed by atoms with Crippen molar-refractivity contribution in [3.63, 3.8) is 0 Å². The lowest BCUT2D eigenvalue weighted by atomic mass is 10.0. The highest BCUT2D eigenvalue weighted by Crippen LogP contribution is 2.28. The zero-order valence-electron chi connectivity index (χ0n) is 11.2. The quantitative estimate of drug-likeness (QED) is 0.581. The minimum atomic E-state index is -0.803. The lowest BCUT2D eigenvalue weighted by Gasteiger charge is -2.13. The number of benzene rings is 1. The first kappa shape index (κ1) is 13.3. The van der Waals surface area contributed by atoms with E-state index < -0.39 is 12.2 Å². The maximum Gasteiger partial charge on any atom is 0.308 e. The van der Waals surface area contributed by atoms with E-state index in [1.807, 2.05) is 24.3 Å². The molecule has 1 aliphatic rings. The number of ether oxygens (including phenoxy) is 1. The van der Waals surface area contributed by atoms with E-state index in [1.165, 1.54) is 6.92 Å². The number of fused-ring (bicyclic) bond motifs is 1. The molecule has 2 rings (SSSR count). The van der Waals surface area contributed by atoms with Crippen molar-refractivity contribution in [1.82, 2.24) is 5.32 Å². The first-order valence-corrected chi connectivity index (χ1v) is 5.99. The van der Waals surface area contributed by atoms with Crippen LogP contribution in [0.4, 0.5) is 0 Å². The molecule has 100 valence electrons. The number of rotatable bonds is 1. The van der Waals surface area contributed by atoms with Crippen LogP contribution in [-0.4, -0.2) is 35.6 Å². The first-order chi connectivity index (χ1) is 9.04. The fourth-order valence-corrected chi connectivity index (χ4v) is 2.08. The van der Waals surface area contributed by atoms with Crippen molar-refractivity contribution in [3.8, 4) is 0 Å². The number of hydrogen-bond acceptors (Lipinski definition) is 4.